The maximum atomic E-state index is 11.6. The number of aromatic nitrogens is 5. The second-order valence-electron chi connectivity index (χ2n) is 6.23. The smallest absolute Gasteiger partial charge is 0.407 e. The van der Waals surface area contributed by atoms with E-state index < -0.39 is 11.7 Å². The molecular formula is C15H18N6O3S. The zero-order chi connectivity index (χ0) is 17.9. The van der Waals surface area contributed by atoms with Crippen molar-refractivity contribution in [2.24, 2.45) is 0 Å². The Bertz CT molecular complexity index is 834. The quantitative estimate of drug-likeness (QED) is 0.743. The summed E-state index contributed by atoms with van der Waals surface area (Å²) in [5.74, 6) is 0.810. The number of carbonyl (C=O) groups excluding carboxylic acids is 1. The minimum Gasteiger partial charge on any atom is -0.444 e. The predicted molar refractivity (Wildman–Crippen MR) is 90.9 cm³/mol. The summed E-state index contributed by atoms with van der Waals surface area (Å²) in [5.41, 5.74) is 0.850. The van der Waals surface area contributed by atoms with Crippen LogP contribution >= 0.6 is 11.3 Å². The Hall–Kier alpha value is -2.75. The predicted octanol–water partition coefficient (Wildman–Crippen LogP) is 2.58. The number of amides is 1. The third-order valence-corrected chi connectivity index (χ3v) is 3.66. The number of nitrogens with one attached hydrogen (secondary N) is 1. The summed E-state index contributed by atoms with van der Waals surface area (Å²) in [4.78, 5) is 15.9. The van der Waals surface area contributed by atoms with E-state index in [4.69, 9.17) is 9.26 Å². The molecule has 3 heterocycles. The van der Waals surface area contributed by atoms with Crippen LogP contribution in [0.25, 0.3) is 23.0 Å². The van der Waals surface area contributed by atoms with Crippen LogP contribution in [0.2, 0.25) is 0 Å². The topological polar surface area (TPSA) is 108 Å². The van der Waals surface area contributed by atoms with Gasteiger partial charge in [-0.05, 0) is 32.2 Å². The van der Waals surface area contributed by atoms with Crippen molar-refractivity contribution in [1.82, 2.24) is 30.5 Å². The van der Waals surface area contributed by atoms with E-state index in [0.29, 0.717) is 30.5 Å². The molecule has 0 aliphatic carbocycles. The van der Waals surface area contributed by atoms with Gasteiger partial charge in [0.15, 0.2) is 5.69 Å². The molecule has 0 aliphatic rings. The highest BCUT2D eigenvalue weighted by Gasteiger charge is 2.16. The van der Waals surface area contributed by atoms with Gasteiger partial charge in [0.2, 0.25) is 5.82 Å². The molecule has 0 saturated carbocycles. The monoisotopic (exact) mass is 362 g/mol. The first kappa shape index (κ1) is 17.1. The number of carbonyl (C=O) groups is 1. The Morgan fingerprint density at radius 3 is 3.00 bits per heavy atom. The normalized spacial score (nSPS) is 11.5. The molecule has 1 amide bonds. The average Bonchev–Trinajstić information content (AvgIpc) is 3.26. The molecule has 25 heavy (non-hydrogen) atoms. The summed E-state index contributed by atoms with van der Waals surface area (Å²) in [7, 11) is 0. The average molecular weight is 362 g/mol. The molecule has 3 rings (SSSR count). The van der Waals surface area contributed by atoms with Crippen LogP contribution in [0.1, 0.15) is 20.8 Å². The molecule has 0 unspecified atom stereocenters. The number of ether oxygens (including phenoxy) is 1. The standard InChI is InChI=1S/C15H18N6O3S/c1-15(2,3)23-14(22)16-5-6-21-8-11(18-20-21)13-17-12(19-24-13)10-4-7-25-9-10/h4,7-9H,5-6H2,1-3H3,(H,16,22). The first-order valence-electron chi connectivity index (χ1n) is 7.64. The first-order valence-corrected chi connectivity index (χ1v) is 8.59. The highest BCUT2D eigenvalue weighted by molar-refractivity contribution is 7.08. The van der Waals surface area contributed by atoms with Gasteiger partial charge < -0.3 is 14.6 Å². The Kier molecular flexibility index (Phi) is 4.79. The number of hydrogen-bond acceptors (Lipinski definition) is 8. The zero-order valence-electron chi connectivity index (χ0n) is 14.1. The van der Waals surface area contributed by atoms with Crippen molar-refractivity contribution in [3.05, 3.63) is 23.0 Å². The third kappa shape index (κ3) is 4.63. The maximum Gasteiger partial charge on any atom is 0.407 e. The summed E-state index contributed by atoms with van der Waals surface area (Å²) < 4.78 is 12.0. The number of hydrogen-bond donors (Lipinski definition) is 1. The highest BCUT2D eigenvalue weighted by Crippen LogP contribution is 2.22. The number of thiophene rings is 1. The minimum atomic E-state index is -0.525. The van der Waals surface area contributed by atoms with Crippen LogP contribution in [0.5, 0.6) is 0 Å². The largest absolute Gasteiger partial charge is 0.444 e. The Morgan fingerprint density at radius 1 is 1.44 bits per heavy atom. The molecule has 0 aliphatic heterocycles. The van der Waals surface area contributed by atoms with E-state index in [1.165, 1.54) is 0 Å². The molecule has 10 heteroatoms. The molecular weight excluding hydrogens is 344 g/mol. The molecule has 0 atom stereocenters. The minimum absolute atomic E-state index is 0.299. The lowest BCUT2D eigenvalue weighted by Crippen LogP contribution is -2.34. The van der Waals surface area contributed by atoms with Gasteiger partial charge in [0.25, 0.3) is 5.89 Å². The highest BCUT2D eigenvalue weighted by atomic mass is 32.1. The van der Waals surface area contributed by atoms with Crippen LogP contribution in [0, 0.1) is 0 Å². The molecule has 3 aromatic rings. The summed E-state index contributed by atoms with van der Waals surface area (Å²) >= 11 is 1.56. The van der Waals surface area contributed by atoms with Crippen molar-refractivity contribution in [3.63, 3.8) is 0 Å². The molecule has 0 aromatic carbocycles. The molecule has 0 fully saturated rings. The van der Waals surface area contributed by atoms with Crippen molar-refractivity contribution in [2.45, 2.75) is 32.9 Å². The van der Waals surface area contributed by atoms with E-state index >= 15 is 0 Å². The molecule has 132 valence electrons. The molecule has 0 spiro atoms. The summed E-state index contributed by atoms with van der Waals surface area (Å²) in [6.45, 7) is 6.24. The molecule has 0 bridgehead atoms. The number of rotatable bonds is 5. The maximum absolute atomic E-state index is 11.6. The van der Waals surface area contributed by atoms with Gasteiger partial charge in [0, 0.05) is 17.5 Å². The van der Waals surface area contributed by atoms with Crippen LogP contribution in [0.15, 0.2) is 27.5 Å². The van der Waals surface area contributed by atoms with E-state index in [-0.39, 0.29) is 0 Å². The second kappa shape index (κ2) is 7.01. The van der Waals surface area contributed by atoms with Gasteiger partial charge in [-0.3, -0.25) is 0 Å². The van der Waals surface area contributed by atoms with Crippen LogP contribution in [-0.2, 0) is 11.3 Å². The van der Waals surface area contributed by atoms with Gasteiger partial charge in [-0.1, -0.05) is 10.4 Å². The van der Waals surface area contributed by atoms with Gasteiger partial charge >= 0.3 is 6.09 Å². The SMILES string of the molecule is CC(C)(C)OC(=O)NCCn1cc(-c2nc(-c3ccsc3)no2)nn1. The van der Waals surface area contributed by atoms with E-state index in [1.54, 1.807) is 22.2 Å². The number of nitrogens with zero attached hydrogens (tertiary/aromatic N) is 5. The second-order valence-corrected chi connectivity index (χ2v) is 7.01. The lowest BCUT2D eigenvalue weighted by atomic mass is 10.2. The van der Waals surface area contributed by atoms with Crippen molar-refractivity contribution >= 4 is 17.4 Å². The summed E-state index contributed by atoms with van der Waals surface area (Å²) in [6.07, 6.45) is 1.21. The van der Waals surface area contributed by atoms with E-state index in [2.05, 4.69) is 25.8 Å². The molecule has 3 aromatic heterocycles. The van der Waals surface area contributed by atoms with Gasteiger partial charge in [0.1, 0.15) is 5.60 Å². The van der Waals surface area contributed by atoms with Gasteiger partial charge in [-0.25, -0.2) is 9.48 Å². The summed E-state index contributed by atoms with van der Waals surface area (Å²) in [5, 5.41) is 18.5. The lowest BCUT2D eigenvalue weighted by Gasteiger charge is -2.19. The molecule has 0 saturated heterocycles. The van der Waals surface area contributed by atoms with Crippen molar-refractivity contribution in [2.75, 3.05) is 6.54 Å². The Morgan fingerprint density at radius 2 is 2.28 bits per heavy atom. The molecule has 0 radical (unpaired) electrons. The lowest BCUT2D eigenvalue weighted by molar-refractivity contribution is 0.0525. The van der Waals surface area contributed by atoms with Crippen molar-refractivity contribution < 1.29 is 14.1 Å². The van der Waals surface area contributed by atoms with Gasteiger partial charge in [0.05, 0.1) is 12.7 Å². The summed E-state index contributed by atoms with van der Waals surface area (Å²) in [6, 6.07) is 1.92. The van der Waals surface area contributed by atoms with Crippen LogP contribution < -0.4 is 5.32 Å². The van der Waals surface area contributed by atoms with Crippen LogP contribution in [-0.4, -0.2) is 43.4 Å². The fourth-order valence-corrected chi connectivity index (χ4v) is 2.56. The van der Waals surface area contributed by atoms with Crippen molar-refractivity contribution in [3.8, 4) is 23.0 Å². The Labute approximate surface area is 148 Å². The number of alkyl carbamates (subject to hydrolysis) is 1. The Balaban J connectivity index is 1.55. The molecule has 1 N–H and O–H groups in total. The first-order chi connectivity index (χ1) is 11.9. The van der Waals surface area contributed by atoms with Crippen LogP contribution in [0.4, 0.5) is 4.79 Å². The fourth-order valence-electron chi connectivity index (χ4n) is 1.93. The van der Waals surface area contributed by atoms with Gasteiger partial charge in [-0.15, -0.1) is 5.10 Å². The fraction of sp³-hybridized carbons (Fsp3) is 0.400. The molecule has 9 nitrogen and oxygen atoms in total. The van der Waals surface area contributed by atoms with Crippen molar-refractivity contribution in [1.29, 1.82) is 0 Å². The third-order valence-electron chi connectivity index (χ3n) is 2.97. The van der Waals surface area contributed by atoms with E-state index in [1.807, 2.05) is 37.6 Å². The zero-order valence-corrected chi connectivity index (χ0v) is 14.9. The van der Waals surface area contributed by atoms with Crippen LogP contribution in [0.3, 0.4) is 0 Å². The van der Waals surface area contributed by atoms with Gasteiger partial charge in [-0.2, -0.15) is 16.3 Å². The van der Waals surface area contributed by atoms with E-state index in [9.17, 15) is 4.79 Å². The van der Waals surface area contributed by atoms with E-state index in [0.717, 1.165) is 5.56 Å².